The van der Waals surface area contributed by atoms with Crippen LogP contribution in [0.3, 0.4) is 0 Å². The summed E-state index contributed by atoms with van der Waals surface area (Å²) in [4.78, 5) is 11.9. The molecule has 1 aliphatic rings. The van der Waals surface area contributed by atoms with Gasteiger partial charge < -0.3 is 15.7 Å². The van der Waals surface area contributed by atoms with Crippen molar-refractivity contribution >= 4 is 11.6 Å². The van der Waals surface area contributed by atoms with E-state index in [1.807, 2.05) is 37.3 Å². The Hall–Kier alpha value is -1.39. The predicted molar refractivity (Wildman–Crippen MR) is 80.6 cm³/mol. The summed E-state index contributed by atoms with van der Waals surface area (Å²) in [6.45, 7) is 2.55. The lowest BCUT2D eigenvalue weighted by molar-refractivity contribution is -0.116. The van der Waals surface area contributed by atoms with Gasteiger partial charge in [-0.25, -0.2) is 0 Å². The van der Waals surface area contributed by atoms with Gasteiger partial charge in [0.25, 0.3) is 0 Å². The van der Waals surface area contributed by atoms with Crippen LogP contribution >= 0.6 is 0 Å². The minimum atomic E-state index is -0.565. The number of anilines is 1. The van der Waals surface area contributed by atoms with Crippen LogP contribution < -0.4 is 10.6 Å². The first-order chi connectivity index (χ1) is 9.57. The third kappa shape index (κ3) is 4.62. The van der Waals surface area contributed by atoms with Crippen LogP contribution in [0.25, 0.3) is 0 Å². The number of benzene rings is 1. The van der Waals surface area contributed by atoms with Gasteiger partial charge >= 0.3 is 0 Å². The SMILES string of the molecule is CC(CC(=O)Nc1ccccc1)NCC1(O)CCCC1. The summed E-state index contributed by atoms with van der Waals surface area (Å²) in [6.07, 6.45) is 4.33. The summed E-state index contributed by atoms with van der Waals surface area (Å²) >= 11 is 0. The van der Waals surface area contributed by atoms with E-state index < -0.39 is 5.60 Å². The van der Waals surface area contributed by atoms with Crippen molar-refractivity contribution in [2.45, 2.75) is 50.7 Å². The monoisotopic (exact) mass is 276 g/mol. The number of carbonyl (C=O) groups excluding carboxylic acids is 1. The lowest BCUT2D eigenvalue weighted by atomic mass is 10.0. The van der Waals surface area contributed by atoms with Gasteiger partial charge in [0.15, 0.2) is 0 Å². The molecular weight excluding hydrogens is 252 g/mol. The maximum atomic E-state index is 11.9. The highest BCUT2D eigenvalue weighted by Gasteiger charge is 2.31. The molecule has 0 heterocycles. The molecule has 0 aliphatic heterocycles. The molecule has 1 fully saturated rings. The van der Waals surface area contributed by atoms with E-state index in [4.69, 9.17) is 0 Å². The first-order valence-corrected chi connectivity index (χ1v) is 7.38. The number of hydrogen-bond donors (Lipinski definition) is 3. The van der Waals surface area contributed by atoms with Crippen molar-refractivity contribution in [3.8, 4) is 0 Å². The van der Waals surface area contributed by atoms with Gasteiger partial charge in [-0.3, -0.25) is 4.79 Å². The molecule has 1 amide bonds. The number of hydrogen-bond acceptors (Lipinski definition) is 3. The molecule has 1 unspecified atom stereocenters. The summed E-state index contributed by atoms with van der Waals surface area (Å²) in [7, 11) is 0. The summed E-state index contributed by atoms with van der Waals surface area (Å²) in [5, 5.41) is 16.4. The molecule has 4 nitrogen and oxygen atoms in total. The first-order valence-electron chi connectivity index (χ1n) is 7.38. The standard InChI is InChI=1S/C16H24N2O2/c1-13(17-12-16(20)9-5-6-10-16)11-15(19)18-14-7-3-2-4-8-14/h2-4,7-8,13,17,20H,5-6,9-12H2,1H3,(H,18,19). The van der Waals surface area contributed by atoms with Gasteiger partial charge in [-0.2, -0.15) is 0 Å². The molecule has 0 bridgehead atoms. The number of carbonyl (C=O) groups is 1. The largest absolute Gasteiger partial charge is 0.389 e. The summed E-state index contributed by atoms with van der Waals surface area (Å²) in [5.74, 6) is -0.00499. The molecule has 1 saturated carbocycles. The third-order valence-corrected chi connectivity index (χ3v) is 3.86. The molecule has 0 spiro atoms. The molecule has 110 valence electrons. The van der Waals surface area contributed by atoms with E-state index in [9.17, 15) is 9.90 Å². The fourth-order valence-electron chi connectivity index (χ4n) is 2.66. The van der Waals surface area contributed by atoms with Gasteiger partial charge in [0, 0.05) is 24.7 Å². The Morgan fingerprint density at radius 3 is 2.60 bits per heavy atom. The lowest BCUT2D eigenvalue weighted by Gasteiger charge is -2.25. The third-order valence-electron chi connectivity index (χ3n) is 3.86. The van der Waals surface area contributed by atoms with Crippen LogP contribution in [0.15, 0.2) is 30.3 Å². The van der Waals surface area contributed by atoms with Crippen molar-refractivity contribution < 1.29 is 9.90 Å². The van der Waals surface area contributed by atoms with E-state index in [2.05, 4.69) is 10.6 Å². The van der Waals surface area contributed by atoms with E-state index >= 15 is 0 Å². The number of nitrogens with one attached hydrogen (secondary N) is 2. The Morgan fingerprint density at radius 2 is 1.95 bits per heavy atom. The molecule has 4 heteroatoms. The quantitative estimate of drug-likeness (QED) is 0.747. The Balaban J connectivity index is 1.71. The molecule has 2 rings (SSSR count). The van der Waals surface area contributed by atoms with Gasteiger partial charge in [-0.05, 0) is 31.9 Å². The zero-order valence-electron chi connectivity index (χ0n) is 12.1. The van der Waals surface area contributed by atoms with E-state index in [1.165, 1.54) is 0 Å². The fraction of sp³-hybridized carbons (Fsp3) is 0.562. The highest BCUT2D eigenvalue weighted by atomic mass is 16.3. The van der Waals surface area contributed by atoms with Gasteiger partial charge in [0.2, 0.25) is 5.91 Å². The maximum Gasteiger partial charge on any atom is 0.225 e. The molecular formula is C16H24N2O2. The zero-order valence-corrected chi connectivity index (χ0v) is 12.1. The van der Waals surface area contributed by atoms with Crippen molar-refractivity contribution in [1.82, 2.24) is 5.32 Å². The fourth-order valence-corrected chi connectivity index (χ4v) is 2.66. The average Bonchev–Trinajstić information content (AvgIpc) is 2.85. The maximum absolute atomic E-state index is 11.9. The minimum Gasteiger partial charge on any atom is -0.389 e. The molecule has 3 N–H and O–H groups in total. The molecule has 0 radical (unpaired) electrons. The Bertz CT molecular complexity index is 427. The minimum absolute atomic E-state index is 0.00499. The van der Waals surface area contributed by atoms with E-state index in [0.29, 0.717) is 13.0 Å². The number of amides is 1. The van der Waals surface area contributed by atoms with Gasteiger partial charge in [-0.1, -0.05) is 31.0 Å². The highest BCUT2D eigenvalue weighted by Crippen LogP contribution is 2.28. The molecule has 20 heavy (non-hydrogen) atoms. The number of aliphatic hydroxyl groups is 1. The normalized spacial score (nSPS) is 18.7. The van der Waals surface area contributed by atoms with Crippen LogP contribution in [-0.2, 0) is 4.79 Å². The smallest absolute Gasteiger partial charge is 0.225 e. The highest BCUT2D eigenvalue weighted by molar-refractivity contribution is 5.90. The number of rotatable bonds is 6. The van der Waals surface area contributed by atoms with Gasteiger partial charge in [0.1, 0.15) is 0 Å². The van der Waals surface area contributed by atoms with Crippen molar-refractivity contribution in [3.63, 3.8) is 0 Å². The number of para-hydroxylation sites is 1. The van der Waals surface area contributed by atoms with E-state index in [1.54, 1.807) is 0 Å². The topological polar surface area (TPSA) is 61.4 Å². The first kappa shape index (κ1) is 15.0. The Kier molecular flexibility index (Phi) is 5.15. The van der Waals surface area contributed by atoms with E-state index in [0.717, 1.165) is 31.4 Å². The van der Waals surface area contributed by atoms with Crippen molar-refractivity contribution in [2.75, 3.05) is 11.9 Å². The Morgan fingerprint density at radius 1 is 1.30 bits per heavy atom. The van der Waals surface area contributed by atoms with Crippen molar-refractivity contribution in [3.05, 3.63) is 30.3 Å². The van der Waals surface area contributed by atoms with Crippen LogP contribution in [0.4, 0.5) is 5.69 Å². The second-order valence-corrected chi connectivity index (χ2v) is 5.83. The van der Waals surface area contributed by atoms with Crippen molar-refractivity contribution in [2.24, 2.45) is 0 Å². The van der Waals surface area contributed by atoms with Crippen molar-refractivity contribution in [1.29, 1.82) is 0 Å². The lowest BCUT2D eigenvalue weighted by Crippen LogP contribution is -2.42. The van der Waals surface area contributed by atoms with Crippen LogP contribution in [0, 0.1) is 0 Å². The Labute approximate surface area is 120 Å². The zero-order chi connectivity index (χ0) is 14.4. The second kappa shape index (κ2) is 6.86. The predicted octanol–water partition coefficient (Wildman–Crippen LogP) is 2.30. The van der Waals surface area contributed by atoms with Crippen LogP contribution in [-0.4, -0.2) is 29.2 Å². The van der Waals surface area contributed by atoms with E-state index in [-0.39, 0.29) is 11.9 Å². The second-order valence-electron chi connectivity index (χ2n) is 5.83. The molecule has 1 aromatic carbocycles. The summed E-state index contributed by atoms with van der Waals surface area (Å²) < 4.78 is 0. The van der Waals surface area contributed by atoms with Gasteiger partial charge in [0.05, 0.1) is 5.60 Å². The molecule has 1 aliphatic carbocycles. The molecule has 0 saturated heterocycles. The molecule has 1 aromatic rings. The molecule has 0 aromatic heterocycles. The van der Waals surface area contributed by atoms with Crippen LogP contribution in [0.5, 0.6) is 0 Å². The summed E-state index contributed by atoms with van der Waals surface area (Å²) in [5.41, 5.74) is 0.253. The summed E-state index contributed by atoms with van der Waals surface area (Å²) in [6, 6.07) is 9.51. The average molecular weight is 276 g/mol. The molecule has 1 atom stereocenters. The van der Waals surface area contributed by atoms with Crippen LogP contribution in [0.1, 0.15) is 39.0 Å². The van der Waals surface area contributed by atoms with Crippen LogP contribution in [0.2, 0.25) is 0 Å². The van der Waals surface area contributed by atoms with Gasteiger partial charge in [-0.15, -0.1) is 0 Å².